The summed E-state index contributed by atoms with van der Waals surface area (Å²) in [5.41, 5.74) is 6.97. The number of carbonyl (C=O) groups excluding carboxylic acids is 11. The van der Waals surface area contributed by atoms with Crippen LogP contribution < -0.4 is 43.0 Å². The monoisotopic (exact) mass is 1220 g/mol. The van der Waals surface area contributed by atoms with Crippen molar-refractivity contribution in [3.8, 4) is 0 Å². The lowest BCUT2D eigenvalue weighted by Crippen LogP contribution is -2.56. The Morgan fingerprint density at radius 2 is 1.07 bits per heavy atom. The van der Waals surface area contributed by atoms with Crippen LogP contribution in [0.25, 0.3) is 0 Å². The van der Waals surface area contributed by atoms with Gasteiger partial charge in [-0.05, 0) is 83.1 Å². The molecule has 1 fully saturated rings. The number of rotatable bonds is 33. The van der Waals surface area contributed by atoms with Crippen LogP contribution in [0.2, 0.25) is 0 Å². The highest BCUT2D eigenvalue weighted by atomic mass is 16.3. The summed E-state index contributed by atoms with van der Waals surface area (Å²) in [5.74, 6) is -11.9. The van der Waals surface area contributed by atoms with Gasteiger partial charge in [0.1, 0.15) is 12.1 Å². The van der Waals surface area contributed by atoms with Crippen molar-refractivity contribution in [2.75, 3.05) is 6.54 Å². The normalized spacial score (nSPS) is 22.9. The molecule has 1 aliphatic rings. The first kappa shape index (κ1) is 77.2. The Labute approximate surface area is 518 Å². The molecule has 0 radical (unpaired) electrons. The Morgan fingerprint density at radius 1 is 0.563 bits per heavy atom. The average Bonchev–Trinajstić information content (AvgIpc) is 3.69. The van der Waals surface area contributed by atoms with Crippen LogP contribution >= 0.6 is 0 Å². The van der Waals surface area contributed by atoms with E-state index in [0.717, 1.165) is 44.1 Å². The maximum absolute atomic E-state index is 14.8. The molecule has 21 nitrogen and oxygen atoms in total. The molecule has 0 spiro atoms. The van der Waals surface area contributed by atoms with Crippen molar-refractivity contribution in [3.05, 3.63) is 35.9 Å². The second-order valence-electron chi connectivity index (χ2n) is 24.6. The van der Waals surface area contributed by atoms with Crippen molar-refractivity contribution in [1.29, 1.82) is 0 Å². The second-order valence-corrected chi connectivity index (χ2v) is 24.6. The van der Waals surface area contributed by atoms with E-state index in [2.05, 4.69) is 44.1 Å². The van der Waals surface area contributed by atoms with Gasteiger partial charge in [0.2, 0.25) is 41.4 Å². The maximum Gasteiger partial charge on any atom is 0.243 e. The first-order chi connectivity index (χ1) is 41.3. The molecule has 0 aliphatic carbocycles. The first-order valence-electron chi connectivity index (χ1n) is 32.7. The summed E-state index contributed by atoms with van der Waals surface area (Å²) >= 11 is 0. The standard InChI is InChI=1S/C66H110N8O13/c1-11-17-18-19-20-24-32-49(67)64(85)71-52(27-14-4)59(80)40-48(43(10)76)63(84)70-51(26-13-3)56(77)37-45-33-34-68-62(83)47(42(9)75)39-58(79)53(28-15-5)72-65(86)54(29-16-6)73-66(87)55(35-41(7)8)74-61(82)46(36-44-30-22-21-23-31-44)38-57(78)50(25-12-2)69-60(45)81/h21-23,30-31,41-43,45-55,75-76H,11-20,24-29,32-40,67H2,1-10H3,(H,68,83)(H,69,81)(H,70,84)(H,71,85)(H,72,86)(H,73,87)(H,74,82)/t42-,43-,45-,46+,47+,48+,49+,50+,51+,52+,53+,54+,55+/m1/s1. The minimum absolute atomic E-state index is 0.0811. The number of nitrogens with one attached hydrogen (secondary N) is 7. The number of amides is 7. The minimum atomic E-state index is -1.37. The molecule has 13 atom stereocenters. The van der Waals surface area contributed by atoms with E-state index in [0.29, 0.717) is 38.5 Å². The number of benzene rings is 1. The molecule has 11 N–H and O–H groups in total. The molecule has 21 heteroatoms. The van der Waals surface area contributed by atoms with E-state index in [-0.39, 0.29) is 70.3 Å². The van der Waals surface area contributed by atoms with Gasteiger partial charge in [-0.15, -0.1) is 0 Å². The van der Waals surface area contributed by atoms with Crippen LogP contribution in [0.3, 0.4) is 0 Å². The summed E-state index contributed by atoms with van der Waals surface area (Å²) < 4.78 is 0. The number of aliphatic hydroxyl groups excluding tert-OH is 2. The van der Waals surface area contributed by atoms with Crippen LogP contribution in [0, 0.1) is 29.6 Å². The number of nitrogens with two attached hydrogens (primary N) is 1. The topological polar surface area (TPSA) is 338 Å². The summed E-state index contributed by atoms with van der Waals surface area (Å²) in [5, 5.41) is 41.5. The van der Waals surface area contributed by atoms with Crippen molar-refractivity contribution in [1.82, 2.24) is 37.2 Å². The summed E-state index contributed by atoms with van der Waals surface area (Å²) in [6, 6.07) is 1.42. The van der Waals surface area contributed by atoms with Crippen molar-refractivity contribution in [3.63, 3.8) is 0 Å². The summed E-state index contributed by atoms with van der Waals surface area (Å²) in [7, 11) is 0. The number of hydrogen-bond donors (Lipinski definition) is 10. The maximum atomic E-state index is 14.8. The van der Waals surface area contributed by atoms with Crippen LogP contribution in [-0.4, -0.2) is 136 Å². The Kier molecular flexibility index (Phi) is 37.3. The third kappa shape index (κ3) is 28.4. The van der Waals surface area contributed by atoms with E-state index in [1.165, 1.54) is 13.8 Å². The van der Waals surface area contributed by atoms with E-state index >= 15 is 0 Å². The lowest BCUT2D eigenvalue weighted by Gasteiger charge is -2.28. The van der Waals surface area contributed by atoms with E-state index < -0.39 is 162 Å². The zero-order valence-corrected chi connectivity index (χ0v) is 54.1. The fraction of sp³-hybridized carbons (Fsp3) is 0.742. The molecule has 1 saturated heterocycles. The minimum Gasteiger partial charge on any atom is -0.393 e. The third-order valence-electron chi connectivity index (χ3n) is 16.3. The summed E-state index contributed by atoms with van der Waals surface area (Å²) in [4.78, 5) is 156. The smallest absolute Gasteiger partial charge is 0.243 e. The number of unbranched alkanes of at least 4 members (excludes halogenated alkanes) is 5. The predicted molar refractivity (Wildman–Crippen MR) is 335 cm³/mol. The third-order valence-corrected chi connectivity index (χ3v) is 16.3. The molecule has 1 aromatic rings. The molecule has 1 heterocycles. The molecule has 0 saturated carbocycles. The van der Waals surface area contributed by atoms with Gasteiger partial charge in [-0.1, -0.05) is 156 Å². The molecular weight excluding hydrogens is 1110 g/mol. The lowest BCUT2D eigenvalue weighted by atomic mass is 9.88. The fourth-order valence-corrected chi connectivity index (χ4v) is 11.1. The van der Waals surface area contributed by atoms with Crippen LogP contribution in [0.1, 0.15) is 222 Å². The zero-order chi connectivity index (χ0) is 65.2. The number of hydrogen-bond acceptors (Lipinski definition) is 14. The Morgan fingerprint density at radius 3 is 1.63 bits per heavy atom. The molecule has 1 aliphatic heterocycles. The van der Waals surface area contributed by atoms with Gasteiger partial charge in [-0.25, -0.2) is 0 Å². The average molecular weight is 1220 g/mol. The lowest BCUT2D eigenvalue weighted by molar-refractivity contribution is -0.137. The molecular formula is C66H110N8O13. The highest BCUT2D eigenvalue weighted by molar-refractivity contribution is 5.99. The summed E-state index contributed by atoms with van der Waals surface area (Å²) in [6.45, 7) is 17.4. The van der Waals surface area contributed by atoms with E-state index in [9.17, 15) is 63.0 Å². The Bertz CT molecular complexity index is 2330. The van der Waals surface area contributed by atoms with Crippen LogP contribution in [0.15, 0.2) is 30.3 Å². The predicted octanol–water partition coefficient (Wildman–Crippen LogP) is 5.85. The van der Waals surface area contributed by atoms with Crippen LogP contribution in [-0.2, 0) is 59.2 Å². The zero-order valence-electron chi connectivity index (χ0n) is 54.1. The van der Waals surface area contributed by atoms with E-state index in [4.69, 9.17) is 5.73 Å². The van der Waals surface area contributed by atoms with E-state index in [1.54, 1.807) is 31.2 Å². The van der Waals surface area contributed by atoms with Crippen molar-refractivity contribution < 1.29 is 63.0 Å². The van der Waals surface area contributed by atoms with Gasteiger partial charge in [0.05, 0.1) is 54.3 Å². The Balaban J connectivity index is 2.66. The van der Waals surface area contributed by atoms with Crippen molar-refractivity contribution in [2.45, 2.75) is 278 Å². The molecule has 492 valence electrons. The largest absolute Gasteiger partial charge is 0.393 e. The van der Waals surface area contributed by atoms with Gasteiger partial charge in [-0.2, -0.15) is 0 Å². The number of Topliss-reactive ketones (excluding diaryl/α,β-unsaturated/α-hetero) is 4. The van der Waals surface area contributed by atoms with Gasteiger partial charge in [0, 0.05) is 44.1 Å². The van der Waals surface area contributed by atoms with Crippen LogP contribution in [0.5, 0.6) is 0 Å². The molecule has 0 aromatic heterocycles. The van der Waals surface area contributed by atoms with Gasteiger partial charge < -0.3 is 53.2 Å². The molecule has 0 bridgehead atoms. The van der Waals surface area contributed by atoms with Gasteiger partial charge in [-0.3, -0.25) is 52.7 Å². The fourth-order valence-electron chi connectivity index (χ4n) is 11.1. The number of aliphatic hydroxyl groups is 2. The molecule has 1 aromatic carbocycles. The molecule has 87 heavy (non-hydrogen) atoms. The quantitative estimate of drug-likeness (QED) is 0.0370. The molecule has 7 amide bonds. The summed E-state index contributed by atoms with van der Waals surface area (Å²) in [6.07, 6.45) is 5.02. The molecule has 0 unspecified atom stereocenters. The number of ketones is 4. The van der Waals surface area contributed by atoms with E-state index in [1.807, 2.05) is 47.6 Å². The molecule has 2 rings (SSSR count). The highest BCUT2D eigenvalue weighted by Crippen LogP contribution is 2.22. The SMILES string of the molecule is CCCCCCCC[C@H](N)C(=O)N[C@@H](CCC)C(=O)C[C@H](C(=O)N[C@@H](CCC)C(=O)C[C@H]1CCNC(=O)[C@H]([C@@H](C)O)CC(=O)[C@H](CCC)NC(=O)[C@H](CCC)NC(=O)[C@H](CC(C)C)NC(=O)[C@@H](Cc2ccccc2)CC(=O)[C@H](CCC)NC1=O)[C@@H](C)O. The van der Waals surface area contributed by atoms with Crippen molar-refractivity contribution >= 4 is 64.5 Å². The van der Waals surface area contributed by atoms with Crippen LogP contribution in [0.4, 0.5) is 0 Å². The van der Waals surface area contributed by atoms with Gasteiger partial charge in [0.15, 0.2) is 23.1 Å². The van der Waals surface area contributed by atoms with Gasteiger partial charge in [0.25, 0.3) is 0 Å². The Hall–Kier alpha value is -5.93. The van der Waals surface area contributed by atoms with Gasteiger partial charge >= 0.3 is 0 Å². The first-order valence-corrected chi connectivity index (χ1v) is 32.7. The second kappa shape index (κ2) is 42.1. The number of carbonyl (C=O) groups is 11. The van der Waals surface area contributed by atoms with Crippen molar-refractivity contribution in [2.24, 2.45) is 35.3 Å². The highest BCUT2D eigenvalue weighted by Gasteiger charge is 2.38.